The third kappa shape index (κ3) is 99.8. The van der Waals surface area contributed by atoms with E-state index in [1.807, 2.05) is 38.2 Å². The molecule has 3 nitrogen and oxygen atoms in total. The molecule has 0 bridgehead atoms. The zero-order valence-electron chi connectivity index (χ0n) is 16.7. The minimum atomic E-state index is -0.417. The van der Waals surface area contributed by atoms with Crippen LogP contribution in [0.25, 0.3) is 0 Å². The van der Waals surface area contributed by atoms with Gasteiger partial charge in [0.25, 0.3) is 0 Å². The number of rotatable bonds is 1. The van der Waals surface area contributed by atoms with Crippen molar-refractivity contribution in [1.29, 1.82) is 0 Å². The van der Waals surface area contributed by atoms with Crippen LogP contribution in [0.15, 0.2) is 46.4 Å². The van der Waals surface area contributed by atoms with E-state index in [1.165, 1.54) is 10.3 Å². The van der Waals surface area contributed by atoms with E-state index < -0.39 is 18.3 Å². The molecule has 0 heterocycles. The Labute approximate surface area is 162 Å². The van der Waals surface area contributed by atoms with E-state index >= 15 is 0 Å². The molecule has 1 aliphatic rings. The molecule has 0 radical (unpaired) electrons. The summed E-state index contributed by atoms with van der Waals surface area (Å²) in [5.41, 5.74) is 0. The van der Waals surface area contributed by atoms with E-state index in [2.05, 4.69) is 38.7 Å². The van der Waals surface area contributed by atoms with Crippen molar-refractivity contribution in [1.82, 2.24) is 0 Å². The Balaban J connectivity index is -0.000000106. The molecule has 0 unspecified atom stereocenters. The summed E-state index contributed by atoms with van der Waals surface area (Å²) in [7, 11) is 0. The molecule has 0 aliphatic heterocycles. The van der Waals surface area contributed by atoms with Gasteiger partial charge >= 0.3 is 49.0 Å². The Morgan fingerprint density at radius 3 is 1.21 bits per heavy atom. The van der Waals surface area contributed by atoms with Crippen molar-refractivity contribution in [3.05, 3.63) is 46.4 Å². The summed E-state index contributed by atoms with van der Waals surface area (Å²) in [6.07, 6.45) is 14.3. The van der Waals surface area contributed by atoms with Crippen molar-refractivity contribution in [2.75, 3.05) is 0 Å². The van der Waals surface area contributed by atoms with Crippen LogP contribution in [0.5, 0.6) is 0 Å². The zero-order valence-corrected chi connectivity index (χ0v) is 18.3. The van der Waals surface area contributed by atoms with Crippen molar-refractivity contribution >= 4 is 0 Å². The quantitative estimate of drug-likeness (QED) is 0.525. The molecule has 0 N–H and O–H groups in total. The van der Waals surface area contributed by atoms with Gasteiger partial charge in [0.15, 0.2) is 0 Å². The number of hydrogen-bond donors (Lipinski definition) is 0. The molecule has 4 heteroatoms. The van der Waals surface area contributed by atoms with Gasteiger partial charge < -0.3 is 15.3 Å². The van der Waals surface area contributed by atoms with E-state index in [0.717, 1.165) is 0 Å². The van der Waals surface area contributed by atoms with Crippen LogP contribution >= 0.6 is 0 Å². The average Bonchev–Trinajstić information content (AvgIpc) is 2.86. The van der Waals surface area contributed by atoms with Crippen LogP contribution in [-0.2, 0) is 20.4 Å². The van der Waals surface area contributed by atoms with Gasteiger partial charge in [-0.05, 0) is 13.8 Å². The predicted octanol–water partition coefficient (Wildman–Crippen LogP) is 2.78. The van der Waals surface area contributed by atoms with Gasteiger partial charge in [0.05, 0.1) is 0 Å². The van der Waals surface area contributed by atoms with Crippen LogP contribution in [0.1, 0.15) is 61.8 Å². The van der Waals surface area contributed by atoms with Crippen molar-refractivity contribution in [3.8, 4) is 0 Å². The van der Waals surface area contributed by atoms with E-state index in [-0.39, 0.29) is 0 Å². The molecule has 0 aromatic carbocycles. The second-order valence-electron chi connectivity index (χ2n) is 5.52. The topological polar surface area (TPSA) is 69.2 Å². The van der Waals surface area contributed by atoms with E-state index in [4.69, 9.17) is 0 Å². The SMILES string of the molecule is CC(C)[O-].CC(C)[O-].CC(C)[O-].CC=CC=CC.[Ti+3][C]1=CC=CC1. The molecule has 0 atom stereocenters. The molecule has 0 aromatic rings. The zero-order chi connectivity index (χ0) is 20.0. The van der Waals surface area contributed by atoms with Gasteiger partial charge in [-0.3, -0.25) is 0 Å². The minimum absolute atomic E-state index is 0.417. The van der Waals surface area contributed by atoms with E-state index in [1.54, 1.807) is 41.5 Å². The summed E-state index contributed by atoms with van der Waals surface area (Å²) in [5, 5.41) is 28.6. The fourth-order valence-electron chi connectivity index (χ4n) is 0.669. The molecular formula is C20H36O3Ti. The van der Waals surface area contributed by atoms with Crippen molar-refractivity contribution in [3.63, 3.8) is 0 Å². The first-order chi connectivity index (χ1) is 11.0. The third-order valence-electron chi connectivity index (χ3n) is 1.27. The Morgan fingerprint density at radius 1 is 0.833 bits per heavy atom. The average molecular weight is 372 g/mol. The standard InChI is InChI=1S/C6H10.C5H5.3C3H7O.Ti/c1-3-5-6-4-2;1-2-4-5-3-1;3*1-3(2)4;/h3-6H,1-2H3;1-3H,4H2;3*3H,1-2H3;/q;;3*-1;+3. The van der Waals surface area contributed by atoms with Crippen LogP contribution in [0.3, 0.4) is 0 Å². The van der Waals surface area contributed by atoms with Gasteiger partial charge in [-0.15, -0.1) is 18.3 Å². The van der Waals surface area contributed by atoms with Crippen molar-refractivity contribution in [2.45, 2.75) is 80.1 Å². The van der Waals surface area contributed by atoms with Gasteiger partial charge in [0.1, 0.15) is 0 Å². The summed E-state index contributed by atoms with van der Waals surface area (Å²) in [4.78, 5) is 0. The molecule has 0 saturated heterocycles. The molecule has 1 rings (SSSR count). The summed E-state index contributed by atoms with van der Waals surface area (Å²) >= 11 is 2.14. The fraction of sp³-hybridized carbons (Fsp3) is 0.600. The fourth-order valence-corrected chi connectivity index (χ4v) is 1.00. The van der Waals surface area contributed by atoms with Crippen LogP contribution < -0.4 is 15.3 Å². The van der Waals surface area contributed by atoms with Gasteiger partial charge in [0.2, 0.25) is 0 Å². The van der Waals surface area contributed by atoms with Crippen LogP contribution in [0, 0.1) is 0 Å². The molecule has 0 spiro atoms. The molecule has 0 aromatic heterocycles. The maximum absolute atomic E-state index is 9.53. The van der Waals surface area contributed by atoms with E-state index in [9.17, 15) is 15.3 Å². The van der Waals surface area contributed by atoms with Crippen LogP contribution in [-0.4, -0.2) is 18.3 Å². The van der Waals surface area contributed by atoms with Gasteiger partial charge in [0, 0.05) is 0 Å². The molecule has 0 amide bonds. The monoisotopic (exact) mass is 372 g/mol. The van der Waals surface area contributed by atoms with Crippen molar-refractivity contribution < 1.29 is 35.8 Å². The summed E-state index contributed by atoms with van der Waals surface area (Å²) in [5.74, 6) is 0. The Morgan fingerprint density at radius 2 is 1.12 bits per heavy atom. The van der Waals surface area contributed by atoms with Crippen LogP contribution in [0.4, 0.5) is 0 Å². The van der Waals surface area contributed by atoms with Gasteiger partial charge in [-0.25, -0.2) is 0 Å². The molecule has 24 heavy (non-hydrogen) atoms. The molecule has 0 saturated carbocycles. The molecule has 138 valence electrons. The second kappa shape index (κ2) is 27.4. The Hall–Kier alpha value is -0.446. The predicted molar refractivity (Wildman–Crippen MR) is 96.9 cm³/mol. The van der Waals surface area contributed by atoms with Crippen molar-refractivity contribution in [2.24, 2.45) is 0 Å². The van der Waals surface area contributed by atoms with Gasteiger partial charge in [-0.1, -0.05) is 65.8 Å². The Kier molecular flexibility index (Phi) is 35.8. The van der Waals surface area contributed by atoms with Gasteiger partial charge in [-0.2, -0.15) is 0 Å². The first-order valence-corrected chi connectivity index (χ1v) is 9.07. The van der Waals surface area contributed by atoms with E-state index in [0.29, 0.717) is 0 Å². The molecule has 1 aliphatic carbocycles. The normalized spacial score (nSPS) is 12.1. The molecule has 0 fully saturated rings. The number of hydrogen-bond acceptors (Lipinski definition) is 3. The summed E-state index contributed by atoms with van der Waals surface area (Å²) in [6, 6.07) is 0. The third-order valence-corrected chi connectivity index (χ3v) is 1.85. The maximum atomic E-state index is 9.53. The van der Waals surface area contributed by atoms with Crippen LogP contribution in [0.2, 0.25) is 0 Å². The Bertz CT molecular complexity index is 292. The molecular weight excluding hydrogens is 336 g/mol. The summed E-state index contributed by atoms with van der Waals surface area (Å²) in [6.45, 7) is 13.7. The summed E-state index contributed by atoms with van der Waals surface area (Å²) < 4.78 is 1.47. The first-order valence-electron chi connectivity index (χ1n) is 8.29. The number of allylic oxidation sites excluding steroid dienone is 8. The first kappa shape index (κ1) is 31.3. The second-order valence-corrected chi connectivity index (χ2v) is 6.52.